The SMILES string of the molecule is NC(=NCCCc1cnc[nH]1)NCCC(c1cccc(Cl)c1)c1ccc(Cl)c(Cl)c1. The number of hydrogen-bond donors (Lipinski definition) is 3. The lowest BCUT2D eigenvalue weighted by Gasteiger charge is -2.19. The van der Waals surface area contributed by atoms with Crippen LogP contribution in [0.1, 0.15) is 35.6 Å². The van der Waals surface area contributed by atoms with Gasteiger partial charge in [0.25, 0.3) is 0 Å². The third kappa shape index (κ3) is 6.66. The molecule has 0 fully saturated rings. The molecule has 3 aromatic rings. The number of benzene rings is 2. The standard InChI is InChI=1S/C22H24Cl3N5/c23-17-4-1-3-15(11-17)19(16-6-7-20(24)21(25)12-16)8-10-29-22(26)28-9-2-5-18-13-27-14-30-18/h1,3-4,6-7,11-14,19H,2,5,8-10H2,(H,27,30)(H3,26,28,29). The minimum atomic E-state index is 0.0964. The predicted molar refractivity (Wildman–Crippen MR) is 126 cm³/mol. The number of aliphatic imine (C=N–C) groups is 1. The van der Waals surface area contributed by atoms with Crippen LogP contribution in [0, 0.1) is 0 Å². The average molecular weight is 465 g/mol. The van der Waals surface area contributed by atoms with Crippen LogP contribution in [-0.2, 0) is 6.42 Å². The first-order valence-electron chi connectivity index (χ1n) is 9.74. The molecule has 5 nitrogen and oxygen atoms in total. The molecule has 8 heteroatoms. The number of hydrogen-bond acceptors (Lipinski definition) is 2. The molecule has 4 N–H and O–H groups in total. The fourth-order valence-electron chi connectivity index (χ4n) is 3.27. The lowest BCUT2D eigenvalue weighted by Crippen LogP contribution is -2.33. The van der Waals surface area contributed by atoms with E-state index in [1.165, 1.54) is 0 Å². The Bertz CT molecular complexity index is 973. The van der Waals surface area contributed by atoms with E-state index >= 15 is 0 Å². The van der Waals surface area contributed by atoms with Crippen LogP contribution < -0.4 is 11.1 Å². The molecule has 0 radical (unpaired) electrons. The number of rotatable bonds is 9. The van der Waals surface area contributed by atoms with Gasteiger partial charge in [-0.15, -0.1) is 0 Å². The topological polar surface area (TPSA) is 79.1 Å². The average Bonchev–Trinajstić information content (AvgIpc) is 3.24. The van der Waals surface area contributed by atoms with Crippen LogP contribution in [0.25, 0.3) is 0 Å². The van der Waals surface area contributed by atoms with Crippen LogP contribution >= 0.6 is 34.8 Å². The molecule has 30 heavy (non-hydrogen) atoms. The van der Waals surface area contributed by atoms with Crippen LogP contribution in [-0.4, -0.2) is 29.0 Å². The number of nitrogens with two attached hydrogens (primary N) is 1. The Morgan fingerprint density at radius 1 is 1.10 bits per heavy atom. The minimum absolute atomic E-state index is 0.0964. The van der Waals surface area contributed by atoms with Crippen LogP contribution in [0.3, 0.4) is 0 Å². The second-order valence-corrected chi connectivity index (χ2v) is 8.19. The highest BCUT2D eigenvalue weighted by Gasteiger charge is 2.16. The van der Waals surface area contributed by atoms with Crippen LogP contribution in [0.4, 0.5) is 0 Å². The number of guanidine groups is 1. The van der Waals surface area contributed by atoms with E-state index in [1.807, 2.05) is 42.6 Å². The Morgan fingerprint density at radius 3 is 2.67 bits per heavy atom. The van der Waals surface area contributed by atoms with Gasteiger partial charge in [0, 0.05) is 35.9 Å². The maximum atomic E-state index is 6.25. The molecular formula is C22H24Cl3N5. The second kappa shape index (κ2) is 11.3. The maximum absolute atomic E-state index is 6.25. The monoisotopic (exact) mass is 463 g/mol. The van der Waals surface area contributed by atoms with Crippen molar-refractivity contribution < 1.29 is 0 Å². The number of nitrogens with zero attached hydrogens (tertiary/aromatic N) is 2. The summed E-state index contributed by atoms with van der Waals surface area (Å²) >= 11 is 18.6. The zero-order chi connectivity index (χ0) is 21.3. The van der Waals surface area contributed by atoms with E-state index in [-0.39, 0.29) is 5.92 Å². The van der Waals surface area contributed by atoms with E-state index < -0.39 is 0 Å². The van der Waals surface area contributed by atoms with Crippen LogP contribution in [0.2, 0.25) is 15.1 Å². The van der Waals surface area contributed by atoms with E-state index in [9.17, 15) is 0 Å². The van der Waals surface area contributed by atoms with E-state index in [4.69, 9.17) is 40.5 Å². The van der Waals surface area contributed by atoms with Crippen molar-refractivity contribution in [2.75, 3.05) is 13.1 Å². The molecular weight excluding hydrogens is 441 g/mol. The second-order valence-electron chi connectivity index (χ2n) is 6.94. The van der Waals surface area contributed by atoms with Crippen molar-refractivity contribution in [3.05, 3.63) is 86.9 Å². The Hall–Kier alpha value is -2.21. The maximum Gasteiger partial charge on any atom is 0.188 e. The summed E-state index contributed by atoms with van der Waals surface area (Å²) in [5.74, 6) is 0.540. The molecule has 0 bridgehead atoms. The van der Waals surface area contributed by atoms with Crippen molar-refractivity contribution in [2.45, 2.75) is 25.2 Å². The summed E-state index contributed by atoms with van der Waals surface area (Å²) in [6, 6.07) is 13.6. The van der Waals surface area contributed by atoms with Crippen LogP contribution in [0.15, 0.2) is 60.0 Å². The molecule has 0 saturated heterocycles. The molecule has 0 aliphatic heterocycles. The Balaban J connectivity index is 1.59. The minimum Gasteiger partial charge on any atom is -0.370 e. The summed E-state index contributed by atoms with van der Waals surface area (Å²) in [5, 5.41) is 4.97. The summed E-state index contributed by atoms with van der Waals surface area (Å²) < 4.78 is 0. The predicted octanol–water partition coefficient (Wildman–Crippen LogP) is 5.43. The number of halogens is 3. The van der Waals surface area contributed by atoms with Gasteiger partial charge in [-0.1, -0.05) is 53.0 Å². The summed E-state index contributed by atoms with van der Waals surface area (Å²) in [4.78, 5) is 11.5. The van der Waals surface area contributed by atoms with Crippen molar-refractivity contribution >= 4 is 40.8 Å². The normalized spacial score (nSPS) is 12.7. The molecule has 158 valence electrons. The highest BCUT2D eigenvalue weighted by molar-refractivity contribution is 6.42. The van der Waals surface area contributed by atoms with Gasteiger partial charge in [0.1, 0.15) is 0 Å². The first-order chi connectivity index (χ1) is 14.5. The van der Waals surface area contributed by atoms with Crippen molar-refractivity contribution in [3.63, 3.8) is 0 Å². The van der Waals surface area contributed by atoms with E-state index in [0.29, 0.717) is 34.1 Å². The van der Waals surface area contributed by atoms with Gasteiger partial charge in [-0.3, -0.25) is 4.99 Å². The molecule has 1 heterocycles. The quantitative estimate of drug-likeness (QED) is 0.224. The van der Waals surface area contributed by atoms with E-state index in [1.54, 1.807) is 6.33 Å². The number of nitrogens with one attached hydrogen (secondary N) is 2. The van der Waals surface area contributed by atoms with Gasteiger partial charge in [-0.2, -0.15) is 0 Å². The van der Waals surface area contributed by atoms with Gasteiger partial charge in [-0.05, 0) is 54.7 Å². The first kappa shape index (κ1) is 22.5. The van der Waals surface area contributed by atoms with E-state index in [0.717, 1.165) is 36.1 Å². The smallest absolute Gasteiger partial charge is 0.188 e. The van der Waals surface area contributed by atoms with Crippen molar-refractivity contribution in [1.82, 2.24) is 15.3 Å². The molecule has 0 saturated carbocycles. The molecule has 0 amide bonds. The number of aryl methyl sites for hydroxylation is 1. The molecule has 0 aliphatic carbocycles. The summed E-state index contributed by atoms with van der Waals surface area (Å²) in [6.45, 7) is 1.32. The lowest BCUT2D eigenvalue weighted by atomic mass is 9.88. The highest BCUT2D eigenvalue weighted by Crippen LogP contribution is 2.33. The van der Waals surface area contributed by atoms with Gasteiger partial charge < -0.3 is 16.0 Å². The van der Waals surface area contributed by atoms with Crippen molar-refractivity contribution in [1.29, 1.82) is 0 Å². The van der Waals surface area contributed by atoms with Gasteiger partial charge in [0.05, 0.1) is 16.4 Å². The lowest BCUT2D eigenvalue weighted by molar-refractivity contribution is 0.687. The molecule has 0 aliphatic rings. The molecule has 3 rings (SSSR count). The Labute approximate surface area is 191 Å². The van der Waals surface area contributed by atoms with Crippen LogP contribution in [0.5, 0.6) is 0 Å². The number of H-pyrrole nitrogens is 1. The zero-order valence-corrected chi connectivity index (χ0v) is 18.7. The van der Waals surface area contributed by atoms with Crippen molar-refractivity contribution in [2.24, 2.45) is 10.7 Å². The van der Waals surface area contributed by atoms with Gasteiger partial charge in [0.2, 0.25) is 0 Å². The number of aromatic nitrogens is 2. The fraction of sp³-hybridized carbons (Fsp3) is 0.273. The largest absolute Gasteiger partial charge is 0.370 e. The summed E-state index contributed by atoms with van der Waals surface area (Å²) in [7, 11) is 0. The third-order valence-electron chi connectivity index (χ3n) is 4.78. The third-order valence-corrected chi connectivity index (χ3v) is 5.75. The number of imidazole rings is 1. The fourth-order valence-corrected chi connectivity index (χ4v) is 3.77. The van der Waals surface area contributed by atoms with E-state index in [2.05, 4.69) is 26.3 Å². The summed E-state index contributed by atoms with van der Waals surface area (Å²) in [6.07, 6.45) is 6.09. The molecule has 2 aromatic carbocycles. The molecule has 0 spiro atoms. The molecule has 1 unspecified atom stereocenters. The van der Waals surface area contributed by atoms with Crippen molar-refractivity contribution in [3.8, 4) is 0 Å². The van der Waals surface area contributed by atoms with Gasteiger partial charge >= 0.3 is 0 Å². The zero-order valence-electron chi connectivity index (χ0n) is 16.4. The molecule has 1 atom stereocenters. The first-order valence-corrected chi connectivity index (χ1v) is 10.9. The number of aromatic amines is 1. The summed E-state index contributed by atoms with van der Waals surface area (Å²) in [5.41, 5.74) is 9.31. The van der Waals surface area contributed by atoms with Gasteiger partial charge in [0.15, 0.2) is 5.96 Å². The Morgan fingerprint density at radius 2 is 1.93 bits per heavy atom. The Kier molecular flexibility index (Phi) is 8.43. The highest BCUT2D eigenvalue weighted by atomic mass is 35.5. The molecule has 1 aromatic heterocycles. The van der Waals surface area contributed by atoms with Gasteiger partial charge in [-0.25, -0.2) is 4.98 Å².